The minimum atomic E-state index is -3.99. The Balaban J connectivity index is 1.94. The van der Waals surface area contributed by atoms with Gasteiger partial charge in [-0.1, -0.05) is 6.07 Å². The second-order valence-electron chi connectivity index (χ2n) is 5.74. The Morgan fingerprint density at radius 1 is 1.04 bits per heavy atom. The minimum Gasteiger partial charge on any atom is -0.478 e. The number of anilines is 1. The Morgan fingerprint density at radius 3 is 2.46 bits per heavy atom. The molecule has 0 bridgehead atoms. The lowest BCUT2D eigenvalue weighted by Crippen LogP contribution is -2.15. The van der Waals surface area contributed by atoms with E-state index in [0.29, 0.717) is 0 Å². The normalized spacial score (nSPS) is 14.0. The SMILES string of the molecule is O=C(O)c1ccc(F)c(NS(=O)(=O)c2ccc3c(c2)CCCC3)c1. The van der Waals surface area contributed by atoms with Gasteiger partial charge in [-0.3, -0.25) is 4.72 Å². The molecule has 2 aromatic carbocycles. The standard InChI is InChI=1S/C17H16FNO4S/c18-15-8-6-13(17(20)21)10-16(15)19-24(22,23)14-7-5-11-3-1-2-4-12(11)9-14/h5-10,19H,1-4H2,(H,20,21). The highest BCUT2D eigenvalue weighted by atomic mass is 32.2. The zero-order valence-electron chi connectivity index (χ0n) is 12.8. The van der Waals surface area contributed by atoms with Crippen molar-refractivity contribution < 1.29 is 22.7 Å². The molecule has 1 aliphatic rings. The van der Waals surface area contributed by atoms with Crippen molar-refractivity contribution in [2.24, 2.45) is 0 Å². The number of carboxylic acid groups (broad SMARTS) is 1. The highest BCUT2D eigenvalue weighted by molar-refractivity contribution is 7.92. The second-order valence-corrected chi connectivity index (χ2v) is 7.43. The molecule has 0 radical (unpaired) electrons. The van der Waals surface area contributed by atoms with Gasteiger partial charge in [-0.25, -0.2) is 17.6 Å². The van der Waals surface area contributed by atoms with E-state index in [1.165, 1.54) is 6.07 Å². The van der Waals surface area contributed by atoms with Gasteiger partial charge in [0.15, 0.2) is 0 Å². The first-order chi connectivity index (χ1) is 11.4. The third kappa shape index (κ3) is 3.26. The van der Waals surface area contributed by atoms with Gasteiger partial charge in [-0.05, 0) is 67.1 Å². The summed E-state index contributed by atoms with van der Waals surface area (Å²) in [6, 6.07) is 7.85. The molecule has 2 aromatic rings. The third-order valence-electron chi connectivity index (χ3n) is 4.09. The van der Waals surface area contributed by atoms with E-state index in [-0.39, 0.29) is 16.1 Å². The van der Waals surface area contributed by atoms with E-state index in [0.717, 1.165) is 55.0 Å². The van der Waals surface area contributed by atoms with Crippen molar-refractivity contribution in [1.29, 1.82) is 0 Å². The third-order valence-corrected chi connectivity index (χ3v) is 5.45. The lowest BCUT2D eigenvalue weighted by atomic mass is 9.92. The summed E-state index contributed by atoms with van der Waals surface area (Å²) in [6.45, 7) is 0. The van der Waals surface area contributed by atoms with E-state index >= 15 is 0 Å². The topological polar surface area (TPSA) is 83.5 Å². The Hall–Kier alpha value is -2.41. The maximum absolute atomic E-state index is 13.8. The maximum Gasteiger partial charge on any atom is 0.335 e. The van der Waals surface area contributed by atoms with Gasteiger partial charge in [0, 0.05) is 0 Å². The fourth-order valence-corrected chi connectivity index (χ4v) is 3.93. The summed E-state index contributed by atoms with van der Waals surface area (Å²) in [5, 5.41) is 8.95. The molecule has 0 atom stereocenters. The van der Waals surface area contributed by atoms with E-state index in [9.17, 15) is 17.6 Å². The van der Waals surface area contributed by atoms with Crippen LogP contribution in [-0.4, -0.2) is 19.5 Å². The van der Waals surface area contributed by atoms with Gasteiger partial charge in [-0.2, -0.15) is 0 Å². The van der Waals surface area contributed by atoms with Crippen LogP contribution >= 0.6 is 0 Å². The Morgan fingerprint density at radius 2 is 1.75 bits per heavy atom. The van der Waals surface area contributed by atoms with Gasteiger partial charge >= 0.3 is 5.97 Å². The fourth-order valence-electron chi connectivity index (χ4n) is 2.82. The van der Waals surface area contributed by atoms with Crippen molar-refractivity contribution >= 4 is 21.7 Å². The number of aromatic carboxylic acids is 1. The molecule has 0 aromatic heterocycles. The molecule has 0 spiro atoms. The van der Waals surface area contributed by atoms with Crippen LogP contribution in [-0.2, 0) is 22.9 Å². The van der Waals surface area contributed by atoms with E-state index in [2.05, 4.69) is 4.72 Å². The summed E-state index contributed by atoms with van der Waals surface area (Å²) in [5.41, 5.74) is 1.55. The average Bonchev–Trinajstić information content (AvgIpc) is 2.56. The molecule has 5 nitrogen and oxygen atoms in total. The number of fused-ring (bicyclic) bond motifs is 1. The number of carboxylic acids is 1. The number of sulfonamides is 1. The summed E-state index contributed by atoms with van der Waals surface area (Å²) in [7, 11) is -3.99. The van der Waals surface area contributed by atoms with Crippen LogP contribution in [0, 0.1) is 5.82 Å². The number of carbonyl (C=O) groups is 1. The number of halogens is 1. The number of benzene rings is 2. The highest BCUT2D eigenvalue weighted by Gasteiger charge is 2.20. The number of aryl methyl sites for hydroxylation is 2. The van der Waals surface area contributed by atoms with Gasteiger partial charge in [0.2, 0.25) is 0 Å². The highest BCUT2D eigenvalue weighted by Crippen LogP contribution is 2.26. The molecule has 0 aliphatic heterocycles. The summed E-state index contributed by atoms with van der Waals surface area (Å²) in [4.78, 5) is 11.0. The van der Waals surface area contributed by atoms with Crippen LogP contribution in [0.25, 0.3) is 0 Å². The molecule has 0 saturated carbocycles. The number of nitrogens with one attached hydrogen (secondary N) is 1. The molecule has 0 heterocycles. The molecule has 0 amide bonds. The first kappa shape index (κ1) is 16.4. The molecule has 24 heavy (non-hydrogen) atoms. The Labute approximate surface area is 139 Å². The van der Waals surface area contributed by atoms with Gasteiger partial charge in [0.05, 0.1) is 16.1 Å². The molecule has 7 heteroatoms. The van der Waals surface area contributed by atoms with Crippen LogP contribution in [0.5, 0.6) is 0 Å². The molecular weight excluding hydrogens is 333 g/mol. The van der Waals surface area contributed by atoms with Gasteiger partial charge < -0.3 is 5.11 Å². The van der Waals surface area contributed by atoms with Crippen molar-refractivity contribution in [1.82, 2.24) is 0 Å². The van der Waals surface area contributed by atoms with Gasteiger partial charge in [0.1, 0.15) is 5.82 Å². The van der Waals surface area contributed by atoms with E-state index in [4.69, 9.17) is 5.11 Å². The number of hydrogen-bond donors (Lipinski definition) is 2. The lowest BCUT2D eigenvalue weighted by Gasteiger charge is -2.17. The van der Waals surface area contributed by atoms with Crippen LogP contribution in [0.15, 0.2) is 41.3 Å². The smallest absolute Gasteiger partial charge is 0.335 e. The number of hydrogen-bond acceptors (Lipinski definition) is 3. The Kier molecular flexibility index (Phi) is 4.28. The largest absolute Gasteiger partial charge is 0.478 e. The molecule has 2 N–H and O–H groups in total. The summed E-state index contributed by atoms with van der Waals surface area (Å²) >= 11 is 0. The number of rotatable bonds is 4. The van der Waals surface area contributed by atoms with Crippen LogP contribution in [0.1, 0.15) is 34.3 Å². The quantitative estimate of drug-likeness (QED) is 0.888. The van der Waals surface area contributed by atoms with Crippen LogP contribution in [0.2, 0.25) is 0 Å². The minimum absolute atomic E-state index is 0.0447. The van der Waals surface area contributed by atoms with Gasteiger partial charge in [0.25, 0.3) is 10.0 Å². The second kappa shape index (κ2) is 6.24. The van der Waals surface area contributed by atoms with E-state index in [1.54, 1.807) is 12.1 Å². The molecule has 1 aliphatic carbocycles. The van der Waals surface area contributed by atoms with E-state index < -0.39 is 21.8 Å². The molecule has 0 fully saturated rings. The van der Waals surface area contributed by atoms with Crippen molar-refractivity contribution in [3.8, 4) is 0 Å². The average molecular weight is 349 g/mol. The van der Waals surface area contributed by atoms with Crippen LogP contribution < -0.4 is 4.72 Å². The summed E-state index contributed by atoms with van der Waals surface area (Å²) in [6.07, 6.45) is 3.85. The maximum atomic E-state index is 13.8. The predicted octanol–water partition coefficient (Wildman–Crippen LogP) is 3.20. The van der Waals surface area contributed by atoms with Crippen molar-refractivity contribution in [3.63, 3.8) is 0 Å². The first-order valence-corrected chi connectivity index (χ1v) is 9.02. The molecular formula is C17H16FNO4S. The zero-order chi connectivity index (χ0) is 17.3. The van der Waals surface area contributed by atoms with E-state index in [1.807, 2.05) is 0 Å². The van der Waals surface area contributed by atoms with Gasteiger partial charge in [-0.15, -0.1) is 0 Å². The van der Waals surface area contributed by atoms with Crippen LogP contribution in [0.3, 0.4) is 0 Å². The van der Waals surface area contributed by atoms with Crippen molar-refractivity contribution in [2.45, 2.75) is 30.6 Å². The van der Waals surface area contributed by atoms with Crippen LogP contribution in [0.4, 0.5) is 10.1 Å². The Bertz CT molecular complexity index is 909. The molecule has 126 valence electrons. The van der Waals surface area contributed by atoms with Crippen molar-refractivity contribution in [2.75, 3.05) is 4.72 Å². The predicted molar refractivity (Wildman–Crippen MR) is 87.3 cm³/mol. The summed E-state index contributed by atoms with van der Waals surface area (Å²) < 4.78 is 41.0. The molecule has 0 unspecified atom stereocenters. The lowest BCUT2D eigenvalue weighted by molar-refractivity contribution is 0.0697. The molecule has 0 saturated heterocycles. The first-order valence-electron chi connectivity index (χ1n) is 7.54. The summed E-state index contributed by atoms with van der Waals surface area (Å²) in [5.74, 6) is -2.09. The van der Waals surface area contributed by atoms with Crippen molar-refractivity contribution in [3.05, 3.63) is 58.9 Å². The zero-order valence-corrected chi connectivity index (χ0v) is 13.6. The monoisotopic (exact) mass is 349 g/mol. The fraction of sp³-hybridized carbons (Fsp3) is 0.235. The molecule has 3 rings (SSSR count).